The molecule has 1 aromatic rings. The highest BCUT2D eigenvalue weighted by atomic mass is 16.2. The van der Waals surface area contributed by atoms with Crippen molar-refractivity contribution < 1.29 is 9.59 Å². The maximum absolute atomic E-state index is 12.1. The van der Waals surface area contributed by atoms with Gasteiger partial charge in [-0.15, -0.1) is 0 Å². The summed E-state index contributed by atoms with van der Waals surface area (Å²) in [7, 11) is 0. The second kappa shape index (κ2) is 5.53. The lowest BCUT2D eigenvalue weighted by Gasteiger charge is -2.34. The minimum absolute atomic E-state index is 0.0769. The predicted octanol–water partition coefficient (Wildman–Crippen LogP) is 1.43. The summed E-state index contributed by atoms with van der Waals surface area (Å²) < 4.78 is 0. The van der Waals surface area contributed by atoms with Crippen LogP contribution in [0.1, 0.15) is 13.3 Å². The smallest absolute Gasteiger partial charge is 0.322 e. The molecule has 1 atom stereocenters. The summed E-state index contributed by atoms with van der Waals surface area (Å²) in [4.78, 5) is 25.4. The van der Waals surface area contributed by atoms with E-state index >= 15 is 0 Å². The Hall–Kier alpha value is -2.04. The second-order valence-corrected chi connectivity index (χ2v) is 4.20. The number of anilines is 1. The summed E-state index contributed by atoms with van der Waals surface area (Å²) in [5.41, 5.74) is 0.739. The normalized spacial score (nSPS) is 19.3. The van der Waals surface area contributed by atoms with Gasteiger partial charge in [-0.1, -0.05) is 25.1 Å². The van der Waals surface area contributed by atoms with Crippen molar-refractivity contribution in [1.29, 1.82) is 0 Å². The molecule has 1 unspecified atom stereocenters. The average molecular weight is 247 g/mol. The van der Waals surface area contributed by atoms with E-state index < -0.39 is 0 Å². The van der Waals surface area contributed by atoms with E-state index in [0.717, 1.165) is 5.69 Å². The number of carbonyl (C=O) groups is 2. The number of amides is 3. The van der Waals surface area contributed by atoms with Crippen molar-refractivity contribution >= 4 is 17.6 Å². The Morgan fingerprint density at radius 1 is 1.44 bits per heavy atom. The SMILES string of the molecule is CCC1C(=O)NCCN1C(=O)Nc1ccccc1. The number of nitrogens with zero attached hydrogens (tertiary/aromatic N) is 1. The molecule has 1 aromatic carbocycles. The van der Waals surface area contributed by atoms with E-state index in [1.165, 1.54) is 0 Å². The fourth-order valence-electron chi connectivity index (χ4n) is 2.08. The summed E-state index contributed by atoms with van der Waals surface area (Å²) in [6, 6.07) is 8.65. The highest BCUT2D eigenvalue weighted by Gasteiger charge is 2.31. The van der Waals surface area contributed by atoms with E-state index in [1.807, 2.05) is 37.3 Å². The summed E-state index contributed by atoms with van der Waals surface area (Å²) in [5.74, 6) is -0.0769. The van der Waals surface area contributed by atoms with Gasteiger partial charge in [0, 0.05) is 18.8 Å². The van der Waals surface area contributed by atoms with Crippen molar-refractivity contribution in [3.8, 4) is 0 Å². The first kappa shape index (κ1) is 12.4. The highest BCUT2D eigenvalue weighted by molar-refractivity contribution is 5.94. The molecule has 5 heteroatoms. The van der Waals surface area contributed by atoms with Crippen LogP contribution in [0.2, 0.25) is 0 Å². The lowest BCUT2D eigenvalue weighted by atomic mass is 10.1. The number of carbonyl (C=O) groups excluding carboxylic acids is 2. The number of urea groups is 1. The van der Waals surface area contributed by atoms with E-state index in [9.17, 15) is 9.59 Å². The highest BCUT2D eigenvalue weighted by Crippen LogP contribution is 2.12. The van der Waals surface area contributed by atoms with Crippen LogP contribution >= 0.6 is 0 Å². The van der Waals surface area contributed by atoms with E-state index in [0.29, 0.717) is 19.5 Å². The minimum Gasteiger partial charge on any atom is -0.353 e. The Morgan fingerprint density at radius 3 is 2.83 bits per heavy atom. The molecule has 0 saturated carbocycles. The van der Waals surface area contributed by atoms with Crippen LogP contribution in [0.5, 0.6) is 0 Å². The summed E-state index contributed by atoms with van der Waals surface area (Å²) in [5, 5.41) is 5.57. The third kappa shape index (κ3) is 2.61. The third-order valence-corrected chi connectivity index (χ3v) is 3.00. The average Bonchev–Trinajstić information content (AvgIpc) is 2.39. The molecule has 1 fully saturated rings. The Morgan fingerprint density at radius 2 is 2.17 bits per heavy atom. The monoisotopic (exact) mass is 247 g/mol. The van der Waals surface area contributed by atoms with Crippen LogP contribution in [-0.2, 0) is 4.79 Å². The van der Waals surface area contributed by atoms with Gasteiger partial charge in [-0.2, -0.15) is 0 Å². The van der Waals surface area contributed by atoms with Gasteiger partial charge in [-0.3, -0.25) is 4.79 Å². The summed E-state index contributed by atoms with van der Waals surface area (Å²) >= 11 is 0. The molecule has 1 aliphatic heterocycles. The molecule has 0 aromatic heterocycles. The Labute approximate surface area is 106 Å². The molecule has 0 bridgehead atoms. The van der Waals surface area contributed by atoms with Crippen molar-refractivity contribution in [1.82, 2.24) is 10.2 Å². The molecule has 1 heterocycles. The zero-order valence-electron chi connectivity index (χ0n) is 10.3. The molecular weight excluding hydrogens is 230 g/mol. The van der Waals surface area contributed by atoms with Crippen LogP contribution in [0.25, 0.3) is 0 Å². The largest absolute Gasteiger partial charge is 0.353 e. The molecule has 5 nitrogen and oxygen atoms in total. The standard InChI is InChI=1S/C13H17N3O2/c1-2-11-12(17)14-8-9-16(11)13(18)15-10-6-4-3-5-7-10/h3-7,11H,2,8-9H2,1H3,(H,14,17)(H,15,18). The van der Waals surface area contributed by atoms with E-state index in [-0.39, 0.29) is 18.0 Å². The molecule has 96 valence electrons. The van der Waals surface area contributed by atoms with Gasteiger partial charge in [0.1, 0.15) is 6.04 Å². The maximum atomic E-state index is 12.1. The molecule has 0 spiro atoms. The second-order valence-electron chi connectivity index (χ2n) is 4.20. The van der Waals surface area contributed by atoms with Gasteiger partial charge in [-0.25, -0.2) is 4.79 Å². The Bertz CT molecular complexity index is 433. The van der Waals surface area contributed by atoms with Crippen molar-refractivity contribution in [2.24, 2.45) is 0 Å². The van der Waals surface area contributed by atoms with Gasteiger partial charge >= 0.3 is 6.03 Å². The quantitative estimate of drug-likeness (QED) is 0.830. The number of para-hydroxylation sites is 1. The van der Waals surface area contributed by atoms with Crippen LogP contribution in [-0.4, -0.2) is 36.0 Å². The fraction of sp³-hybridized carbons (Fsp3) is 0.385. The number of rotatable bonds is 2. The van der Waals surface area contributed by atoms with Gasteiger partial charge < -0.3 is 15.5 Å². The van der Waals surface area contributed by atoms with Crippen LogP contribution in [0.3, 0.4) is 0 Å². The number of piperazine rings is 1. The number of nitrogens with one attached hydrogen (secondary N) is 2. The van der Waals surface area contributed by atoms with Crippen LogP contribution in [0.4, 0.5) is 10.5 Å². The van der Waals surface area contributed by atoms with Crippen molar-refractivity contribution in [2.75, 3.05) is 18.4 Å². The number of hydrogen-bond acceptors (Lipinski definition) is 2. The predicted molar refractivity (Wildman–Crippen MR) is 69.3 cm³/mol. The van der Waals surface area contributed by atoms with Crippen molar-refractivity contribution in [3.05, 3.63) is 30.3 Å². The van der Waals surface area contributed by atoms with Gasteiger partial charge in [0.05, 0.1) is 0 Å². The molecule has 2 rings (SSSR count). The lowest BCUT2D eigenvalue weighted by molar-refractivity contribution is -0.127. The van der Waals surface area contributed by atoms with Gasteiger partial charge in [0.2, 0.25) is 5.91 Å². The molecule has 18 heavy (non-hydrogen) atoms. The topological polar surface area (TPSA) is 61.4 Å². The van der Waals surface area contributed by atoms with Crippen LogP contribution in [0.15, 0.2) is 30.3 Å². The van der Waals surface area contributed by atoms with E-state index in [1.54, 1.807) is 4.90 Å². The van der Waals surface area contributed by atoms with Gasteiger partial charge in [-0.05, 0) is 18.6 Å². The Balaban J connectivity index is 2.05. The molecule has 1 aliphatic rings. The number of hydrogen-bond donors (Lipinski definition) is 2. The molecule has 3 amide bonds. The zero-order chi connectivity index (χ0) is 13.0. The maximum Gasteiger partial charge on any atom is 0.322 e. The van der Waals surface area contributed by atoms with Crippen molar-refractivity contribution in [3.63, 3.8) is 0 Å². The van der Waals surface area contributed by atoms with E-state index in [2.05, 4.69) is 10.6 Å². The Kier molecular flexibility index (Phi) is 3.82. The molecule has 1 saturated heterocycles. The minimum atomic E-state index is -0.373. The lowest BCUT2D eigenvalue weighted by Crippen LogP contribution is -2.57. The first-order chi connectivity index (χ1) is 8.72. The van der Waals surface area contributed by atoms with Gasteiger partial charge in [0.25, 0.3) is 0 Å². The fourth-order valence-corrected chi connectivity index (χ4v) is 2.08. The molecule has 0 aliphatic carbocycles. The van der Waals surface area contributed by atoms with Crippen LogP contribution in [0, 0.1) is 0 Å². The number of benzene rings is 1. The van der Waals surface area contributed by atoms with E-state index in [4.69, 9.17) is 0 Å². The molecule has 2 N–H and O–H groups in total. The molecular formula is C13H17N3O2. The van der Waals surface area contributed by atoms with Crippen molar-refractivity contribution in [2.45, 2.75) is 19.4 Å². The third-order valence-electron chi connectivity index (χ3n) is 3.00. The first-order valence-electron chi connectivity index (χ1n) is 6.12. The van der Waals surface area contributed by atoms with Gasteiger partial charge in [0.15, 0.2) is 0 Å². The molecule has 0 radical (unpaired) electrons. The zero-order valence-corrected chi connectivity index (χ0v) is 10.3. The summed E-state index contributed by atoms with van der Waals surface area (Å²) in [6.07, 6.45) is 0.619. The summed E-state index contributed by atoms with van der Waals surface area (Å²) in [6.45, 7) is 2.96. The first-order valence-corrected chi connectivity index (χ1v) is 6.12. The van der Waals surface area contributed by atoms with Crippen LogP contribution < -0.4 is 10.6 Å².